The highest BCUT2D eigenvalue weighted by atomic mass is 19.1. The summed E-state index contributed by atoms with van der Waals surface area (Å²) in [6.45, 7) is 0. The van der Waals surface area contributed by atoms with Gasteiger partial charge in [0.15, 0.2) is 0 Å². The molecule has 1 aromatic carbocycles. The fourth-order valence-corrected chi connectivity index (χ4v) is 0.862. The van der Waals surface area contributed by atoms with E-state index in [9.17, 15) is 19.3 Å². The Hall–Kier alpha value is -2.02. The molecule has 0 aliphatic carbocycles. The summed E-state index contributed by atoms with van der Waals surface area (Å²) in [5.74, 6) is -2.12. The number of nitrogens with zero attached hydrogens (tertiary/aromatic N) is 1. The van der Waals surface area contributed by atoms with Crippen LogP contribution >= 0.6 is 0 Å². The standard InChI is InChI=1S/C7H5FN2O4/c8-6-3-4(10(13)14)1-2-5(6)7(11)9-12/h1-3,12H,(H,9,11). The zero-order chi connectivity index (χ0) is 10.7. The lowest BCUT2D eigenvalue weighted by molar-refractivity contribution is -0.385. The maximum absolute atomic E-state index is 13.0. The SMILES string of the molecule is O=C(NO)c1ccc([N+](=O)[O-])cc1F. The van der Waals surface area contributed by atoms with Crippen molar-refractivity contribution in [2.75, 3.05) is 0 Å². The van der Waals surface area contributed by atoms with Gasteiger partial charge in [0, 0.05) is 6.07 Å². The van der Waals surface area contributed by atoms with Crippen LogP contribution in [0.4, 0.5) is 10.1 Å². The van der Waals surface area contributed by atoms with Gasteiger partial charge in [0.2, 0.25) is 0 Å². The van der Waals surface area contributed by atoms with Gasteiger partial charge < -0.3 is 0 Å². The summed E-state index contributed by atoms with van der Waals surface area (Å²) in [6.07, 6.45) is 0. The second-order valence-corrected chi connectivity index (χ2v) is 2.36. The predicted octanol–water partition coefficient (Wildman–Crippen LogP) is 0.853. The van der Waals surface area contributed by atoms with Crippen LogP contribution in [0.15, 0.2) is 18.2 Å². The molecule has 1 aromatic rings. The van der Waals surface area contributed by atoms with Crippen molar-refractivity contribution in [2.45, 2.75) is 0 Å². The number of rotatable bonds is 2. The number of benzene rings is 1. The third kappa shape index (κ3) is 1.83. The summed E-state index contributed by atoms with van der Waals surface area (Å²) >= 11 is 0. The molecule has 0 bridgehead atoms. The van der Waals surface area contributed by atoms with Crippen LogP contribution in [-0.2, 0) is 0 Å². The van der Waals surface area contributed by atoms with Gasteiger partial charge in [-0.2, -0.15) is 0 Å². The summed E-state index contributed by atoms with van der Waals surface area (Å²) in [5, 5.41) is 18.4. The van der Waals surface area contributed by atoms with E-state index in [-0.39, 0.29) is 0 Å². The van der Waals surface area contributed by atoms with Crippen LogP contribution in [-0.4, -0.2) is 16.0 Å². The van der Waals surface area contributed by atoms with Gasteiger partial charge in [-0.25, -0.2) is 9.87 Å². The van der Waals surface area contributed by atoms with E-state index in [1.807, 2.05) is 0 Å². The van der Waals surface area contributed by atoms with Gasteiger partial charge in [-0.15, -0.1) is 0 Å². The lowest BCUT2D eigenvalue weighted by atomic mass is 10.2. The van der Waals surface area contributed by atoms with Crippen LogP contribution in [0.2, 0.25) is 0 Å². The Morgan fingerprint density at radius 2 is 2.21 bits per heavy atom. The predicted molar refractivity (Wildman–Crippen MR) is 42.3 cm³/mol. The van der Waals surface area contributed by atoms with Gasteiger partial charge in [-0.1, -0.05) is 0 Å². The van der Waals surface area contributed by atoms with Crippen molar-refractivity contribution in [3.05, 3.63) is 39.7 Å². The fourth-order valence-electron chi connectivity index (χ4n) is 0.862. The number of nitro benzene ring substituents is 1. The number of non-ortho nitro benzene ring substituents is 1. The van der Waals surface area contributed by atoms with Gasteiger partial charge in [-0.3, -0.25) is 20.1 Å². The first-order chi connectivity index (χ1) is 6.56. The summed E-state index contributed by atoms with van der Waals surface area (Å²) < 4.78 is 13.0. The quantitative estimate of drug-likeness (QED) is 0.420. The fraction of sp³-hybridized carbons (Fsp3) is 0. The minimum Gasteiger partial charge on any atom is -0.288 e. The Morgan fingerprint density at radius 3 is 2.64 bits per heavy atom. The van der Waals surface area contributed by atoms with Crippen LogP contribution in [0.5, 0.6) is 0 Å². The topological polar surface area (TPSA) is 92.5 Å². The lowest BCUT2D eigenvalue weighted by Crippen LogP contribution is -2.19. The first-order valence-electron chi connectivity index (χ1n) is 3.44. The molecule has 0 aliphatic rings. The van der Waals surface area contributed by atoms with Crippen molar-refractivity contribution >= 4 is 11.6 Å². The summed E-state index contributed by atoms with van der Waals surface area (Å²) in [5.41, 5.74) is 0.301. The van der Waals surface area contributed by atoms with Gasteiger partial charge >= 0.3 is 0 Å². The number of halogens is 1. The first kappa shape index (κ1) is 10.1. The highest BCUT2D eigenvalue weighted by Crippen LogP contribution is 2.16. The van der Waals surface area contributed by atoms with E-state index in [0.29, 0.717) is 6.07 Å². The molecule has 0 atom stereocenters. The average molecular weight is 200 g/mol. The Bertz CT molecular complexity index is 393. The Balaban J connectivity index is 3.14. The molecule has 0 unspecified atom stereocenters. The number of hydrogen-bond donors (Lipinski definition) is 2. The van der Waals surface area contributed by atoms with E-state index >= 15 is 0 Å². The number of nitro groups is 1. The van der Waals surface area contributed by atoms with Crippen LogP contribution in [0.1, 0.15) is 10.4 Å². The number of hydroxylamine groups is 1. The maximum atomic E-state index is 13.0. The number of carbonyl (C=O) groups excluding carboxylic acids is 1. The molecule has 0 aromatic heterocycles. The van der Waals surface area contributed by atoms with E-state index in [2.05, 4.69) is 0 Å². The number of nitrogens with one attached hydrogen (secondary N) is 1. The molecule has 0 fully saturated rings. The van der Waals surface area contributed by atoms with Crippen molar-refractivity contribution < 1.29 is 19.3 Å². The van der Waals surface area contributed by atoms with E-state index in [4.69, 9.17) is 5.21 Å². The highest BCUT2D eigenvalue weighted by Gasteiger charge is 2.15. The van der Waals surface area contributed by atoms with Crippen LogP contribution in [0.25, 0.3) is 0 Å². The smallest absolute Gasteiger partial charge is 0.277 e. The van der Waals surface area contributed by atoms with Gasteiger partial charge in [0.25, 0.3) is 11.6 Å². The van der Waals surface area contributed by atoms with Gasteiger partial charge in [-0.05, 0) is 6.07 Å². The van der Waals surface area contributed by atoms with Crippen molar-refractivity contribution in [3.63, 3.8) is 0 Å². The molecular formula is C7H5FN2O4. The van der Waals surface area contributed by atoms with E-state index < -0.39 is 27.9 Å². The molecule has 0 spiro atoms. The molecule has 0 aliphatic heterocycles. The van der Waals surface area contributed by atoms with Crippen molar-refractivity contribution in [1.82, 2.24) is 5.48 Å². The molecule has 6 nitrogen and oxygen atoms in total. The Labute approximate surface area is 77.1 Å². The normalized spacial score (nSPS) is 9.57. The van der Waals surface area contributed by atoms with E-state index in [1.165, 1.54) is 5.48 Å². The summed E-state index contributed by atoms with van der Waals surface area (Å²) in [7, 11) is 0. The molecule has 0 saturated heterocycles. The van der Waals surface area contributed by atoms with Gasteiger partial charge in [0.1, 0.15) is 5.82 Å². The monoisotopic (exact) mass is 200 g/mol. The van der Waals surface area contributed by atoms with Crippen LogP contribution in [0, 0.1) is 15.9 Å². The summed E-state index contributed by atoms with van der Waals surface area (Å²) in [6, 6.07) is 2.48. The molecule has 1 amide bonds. The second-order valence-electron chi connectivity index (χ2n) is 2.36. The van der Waals surface area contributed by atoms with Gasteiger partial charge in [0.05, 0.1) is 16.6 Å². The molecule has 0 heterocycles. The molecular weight excluding hydrogens is 195 g/mol. The summed E-state index contributed by atoms with van der Waals surface area (Å²) in [4.78, 5) is 20.1. The Kier molecular flexibility index (Phi) is 2.73. The third-order valence-corrected chi connectivity index (χ3v) is 1.51. The average Bonchev–Trinajstić information content (AvgIpc) is 2.16. The highest BCUT2D eigenvalue weighted by molar-refractivity contribution is 5.93. The zero-order valence-electron chi connectivity index (χ0n) is 6.73. The molecule has 14 heavy (non-hydrogen) atoms. The minimum atomic E-state index is -1.06. The van der Waals surface area contributed by atoms with E-state index in [0.717, 1.165) is 12.1 Å². The molecule has 74 valence electrons. The largest absolute Gasteiger partial charge is 0.288 e. The van der Waals surface area contributed by atoms with E-state index in [1.54, 1.807) is 0 Å². The Morgan fingerprint density at radius 1 is 1.57 bits per heavy atom. The molecule has 7 heteroatoms. The van der Waals surface area contributed by atoms with Crippen LogP contribution < -0.4 is 5.48 Å². The number of hydrogen-bond acceptors (Lipinski definition) is 4. The lowest BCUT2D eigenvalue weighted by Gasteiger charge is -1.99. The molecule has 1 rings (SSSR count). The first-order valence-corrected chi connectivity index (χ1v) is 3.44. The minimum absolute atomic E-state index is 0.460. The van der Waals surface area contributed by atoms with Crippen molar-refractivity contribution in [2.24, 2.45) is 0 Å². The van der Waals surface area contributed by atoms with Crippen molar-refractivity contribution in [3.8, 4) is 0 Å². The maximum Gasteiger partial charge on any atom is 0.277 e. The number of carbonyl (C=O) groups is 1. The molecule has 0 radical (unpaired) electrons. The third-order valence-electron chi connectivity index (χ3n) is 1.51. The second kappa shape index (κ2) is 3.79. The van der Waals surface area contributed by atoms with Crippen molar-refractivity contribution in [1.29, 1.82) is 0 Å². The number of amides is 1. The zero-order valence-corrected chi connectivity index (χ0v) is 6.73. The molecule has 2 N–H and O–H groups in total. The molecule has 0 saturated carbocycles. The van der Waals surface area contributed by atoms with Crippen LogP contribution in [0.3, 0.4) is 0 Å².